The summed E-state index contributed by atoms with van der Waals surface area (Å²) in [5.41, 5.74) is 0. The summed E-state index contributed by atoms with van der Waals surface area (Å²) in [4.78, 5) is 9.60. The Bertz CT molecular complexity index is 415. The molecule has 1 atom stereocenters. The van der Waals surface area contributed by atoms with Crippen LogP contribution in [-0.4, -0.2) is 78.4 Å². The molecule has 0 aromatic carbocycles. The molecule has 3 heterocycles. The van der Waals surface area contributed by atoms with E-state index in [0.717, 1.165) is 59.0 Å². The molecule has 0 saturated carbocycles. The number of rotatable bonds is 4. The van der Waals surface area contributed by atoms with Crippen molar-refractivity contribution in [2.75, 3.05) is 59.0 Å². The van der Waals surface area contributed by atoms with Crippen molar-refractivity contribution in [3.63, 3.8) is 0 Å². The van der Waals surface area contributed by atoms with E-state index in [-0.39, 0.29) is 0 Å². The Morgan fingerprint density at radius 2 is 2.15 bits per heavy atom. The molecular formula is C14H25N5O. The van der Waals surface area contributed by atoms with Crippen LogP contribution in [0.5, 0.6) is 0 Å². The zero-order chi connectivity index (χ0) is 13.8. The third-order valence-corrected chi connectivity index (χ3v) is 4.32. The van der Waals surface area contributed by atoms with Gasteiger partial charge < -0.3 is 14.6 Å². The molecule has 0 spiro atoms. The normalized spacial score (nSPS) is 25.9. The van der Waals surface area contributed by atoms with Crippen LogP contribution in [-0.2, 0) is 11.8 Å². The fourth-order valence-electron chi connectivity index (χ4n) is 3.06. The quantitative estimate of drug-likeness (QED) is 0.820. The van der Waals surface area contributed by atoms with Gasteiger partial charge in [0.05, 0.1) is 19.3 Å². The summed E-state index contributed by atoms with van der Waals surface area (Å²) < 4.78 is 7.55. The lowest BCUT2D eigenvalue weighted by Gasteiger charge is -2.37. The molecular weight excluding hydrogens is 254 g/mol. The summed E-state index contributed by atoms with van der Waals surface area (Å²) >= 11 is 0. The highest BCUT2D eigenvalue weighted by Crippen LogP contribution is 2.20. The van der Waals surface area contributed by atoms with Gasteiger partial charge in [0, 0.05) is 65.3 Å². The van der Waals surface area contributed by atoms with Crippen molar-refractivity contribution in [3.05, 3.63) is 18.2 Å². The van der Waals surface area contributed by atoms with Gasteiger partial charge in [-0.3, -0.25) is 9.80 Å². The molecule has 112 valence electrons. The molecule has 6 nitrogen and oxygen atoms in total. The van der Waals surface area contributed by atoms with Gasteiger partial charge in [0.15, 0.2) is 0 Å². The van der Waals surface area contributed by atoms with Crippen molar-refractivity contribution < 1.29 is 4.74 Å². The maximum absolute atomic E-state index is 5.41. The molecule has 0 amide bonds. The first-order valence-electron chi connectivity index (χ1n) is 7.56. The molecule has 1 N–H and O–H groups in total. The zero-order valence-electron chi connectivity index (χ0n) is 12.3. The lowest BCUT2D eigenvalue weighted by Crippen LogP contribution is -2.50. The fourth-order valence-corrected chi connectivity index (χ4v) is 3.06. The van der Waals surface area contributed by atoms with Gasteiger partial charge in [0.25, 0.3) is 0 Å². The Kier molecular flexibility index (Phi) is 4.67. The van der Waals surface area contributed by atoms with E-state index in [1.54, 1.807) is 0 Å². The van der Waals surface area contributed by atoms with Gasteiger partial charge in [-0.1, -0.05) is 0 Å². The molecule has 0 aliphatic carbocycles. The van der Waals surface area contributed by atoms with Crippen LogP contribution in [0, 0.1) is 0 Å². The number of hydrogen-bond donors (Lipinski definition) is 1. The standard InChI is InChI=1S/C14H25N5O/c1-17-4-3-16-14(17)13-12-15-2-5-19(13)7-6-18-8-10-20-11-9-18/h3-4,13,15H,2,5-12H2,1H3. The predicted octanol–water partition coefficient (Wildman–Crippen LogP) is -0.301. The third kappa shape index (κ3) is 3.20. The summed E-state index contributed by atoms with van der Waals surface area (Å²) in [6.45, 7) is 9.30. The van der Waals surface area contributed by atoms with Gasteiger partial charge in [0.1, 0.15) is 5.82 Å². The topological polar surface area (TPSA) is 45.6 Å². The van der Waals surface area contributed by atoms with Crippen LogP contribution in [0.15, 0.2) is 12.4 Å². The second kappa shape index (κ2) is 6.67. The van der Waals surface area contributed by atoms with Gasteiger partial charge in [-0.15, -0.1) is 0 Å². The maximum Gasteiger partial charge on any atom is 0.127 e. The molecule has 1 aromatic rings. The SMILES string of the molecule is Cn1ccnc1C1CNCCN1CCN1CCOCC1. The average molecular weight is 279 g/mol. The highest BCUT2D eigenvalue weighted by molar-refractivity contribution is 5.02. The number of morpholine rings is 1. The smallest absolute Gasteiger partial charge is 0.127 e. The van der Waals surface area contributed by atoms with E-state index in [9.17, 15) is 0 Å². The number of hydrogen-bond acceptors (Lipinski definition) is 5. The van der Waals surface area contributed by atoms with Gasteiger partial charge in [-0.2, -0.15) is 0 Å². The zero-order valence-corrected chi connectivity index (χ0v) is 12.3. The van der Waals surface area contributed by atoms with Crippen LogP contribution in [0.2, 0.25) is 0 Å². The molecule has 6 heteroatoms. The Morgan fingerprint density at radius 3 is 2.90 bits per heavy atom. The summed E-state index contributed by atoms with van der Waals surface area (Å²) in [5.74, 6) is 1.17. The summed E-state index contributed by atoms with van der Waals surface area (Å²) in [6, 6.07) is 0.393. The molecule has 2 aliphatic rings. The molecule has 1 unspecified atom stereocenters. The van der Waals surface area contributed by atoms with E-state index in [1.165, 1.54) is 5.82 Å². The van der Waals surface area contributed by atoms with E-state index < -0.39 is 0 Å². The first-order chi connectivity index (χ1) is 9.84. The average Bonchev–Trinajstić information content (AvgIpc) is 2.92. The third-order valence-electron chi connectivity index (χ3n) is 4.32. The van der Waals surface area contributed by atoms with Crippen molar-refractivity contribution in [1.29, 1.82) is 0 Å². The van der Waals surface area contributed by atoms with Crippen LogP contribution in [0.25, 0.3) is 0 Å². The maximum atomic E-state index is 5.41. The predicted molar refractivity (Wildman–Crippen MR) is 77.7 cm³/mol. The fraction of sp³-hybridized carbons (Fsp3) is 0.786. The molecule has 3 rings (SSSR count). The van der Waals surface area contributed by atoms with Crippen LogP contribution in [0.4, 0.5) is 0 Å². The van der Waals surface area contributed by atoms with Gasteiger partial charge >= 0.3 is 0 Å². The monoisotopic (exact) mass is 279 g/mol. The van der Waals surface area contributed by atoms with Gasteiger partial charge in [-0.25, -0.2) is 4.98 Å². The Balaban J connectivity index is 1.59. The first kappa shape index (κ1) is 14.0. The van der Waals surface area contributed by atoms with Gasteiger partial charge in [0.2, 0.25) is 0 Å². The molecule has 0 bridgehead atoms. The van der Waals surface area contributed by atoms with Crippen LogP contribution >= 0.6 is 0 Å². The van der Waals surface area contributed by atoms with E-state index in [2.05, 4.69) is 31.7 Å². The van der Waals surface area contributed by atoms with Crippen LogP contribution in [0.1, 0.15) is 11.9 Å². The number of nitrogens with zero attached hydrogens (tertiary/aromatic N) is 4. The number of aryl methyl sites for hydroxylation is 1. The van der Waals surface area contributed by atoms with Crippen molar-refractivity contribution in [3.8, 4) is 0 Å². The van der Waals surface area contributed by atoms with Gasteiger partial charge in [-0.05, 0) is 0 Å². The molecule has 2 aliphatic heterocycles. The minimum absolute atomic E-state index is 0.393. The number of ether oxygens (including phenoxy) is 1. The van der Waals surface area contributed by atoms with E-state index in [0.29, 0.717) is 6.04 Å². The number of nitrogens with one attached hydrogen (secondary N) is 1. The first-order valence-corrected chi connectivity index (χ1v) is 7.56. The van der Waals surface area contributed by atoms with E-state index in [4.69, 9.17) is 4.74 Å². The number of aromatic nitrogens is 2. The van der Waals surface area contributed by atoms with E-state index >= 15 is 0 Å². The summed E-state index contributed by atoms with van der Waals surface area (Å²) in [6.07, 6.45) is 3.92. The van der Waals surface area contributed by atoms with Crippen LogP contribution in [0.3, 0.4) is 0 Å². The molecule has 2 fully saturated rings. The van der Waals surface area contributed by atoms with Crippen LogP contribution < -0.4 is 5.32 Å². The summed E-state index contributed by atoms with van der Waals surface area (Å²) in [5, 5.41) is 3.49. The minimum Gasteiger partial charge on any atom is -0.379 e. The molecule has 0 radical (unpaired) electrons. The van der Waals surface area contributed by atoms with Crippen molar-refractivity contribution in [2.24, 2.45) is 7.05 Å². The Hall–Kier alpha value is -0.950. The summed E-state index contributed by atoms with van der Waals surface area (Å²) in [7, 11) is 2.08. The molecule has 20 heavy (non-hydrogen) atoms. The Labute approximate surface area is 120 Å². The number of piperazine rings is 1. The second-order valence-electron chi connectivity index (χ2n) is 5.61. The lowest BCUT2D eigenvalue weighted by molar-refractivity contribution is 0.0286. The van der Waals surface area contributed by atoms with Crippen molar-refractivity contribution >= 4 is 0 Å². The lowest BCUT2D eigenvalue weighted by atomic mass is 10.1. The second-order valence-corrected chi connectivity index (χ2v) is 5.61. The number of imidazole rings is 1. The highest BCUT2D eigenvalue weighted by atomic mass is 16.5. The van der Waals surface area contributed by atoms with Crippen molar-refractivity contribution in [1.82, 2.24) is 24.7 Å². The van der Waals surface area contributed by atoms with E-state index in [1.807, 2.05) is 12.4 Å². The largest absolute Gasteiger partial charge is 0.379 e. The minimum atomic E-state index is 0.393. The highest BCUT2D eigenvalue weighted by Gasteiger charge is 2.26. The Morgan fingerprint density at radius 1 is 1.30 bits per heavy atom. The molecule has 2 saturated heterocycles. The molecule has 1 aromatic heterocycles. The van der Waals surface area contributed by atoms with Crippen molar-refractivity contribution in [2.45, 2.75) is 6.04 Å².